The number of likely N-dealkylation sites (N-methyl/N-ethyl adjacent to an activating group) is 1. The third-order valence-electron chi connectivity index (χ3n) is 4.48. The molecule has 0 aliphatic rings. The Balaban J connectivity index is 1.86. The molecule has 0 fully saturated rings. The molecule has 31 heavy (non-hydrogen) atoms. The number of aromatic amines is 1. The van der Waals surface area contributed by atoms with Crippen molar-refractivity contribution in [1.82, 2.24) is 10.3 Å². The van der Waals surface area contributed by atoms with Crippen molar-refractivity contribution in [1.29, 1.82) is 5.26 Å². The summed E-state index contributed by atoms with van der Waals surface area (Å²) in [6, 6.07) is 10.8. The number of halogens is 1. The number of aromatic nitrogens is 1. The number of nitrogens with one attached hydrogen (secondary N) is 2. The summed E-state index contributed by atoms with van der Waals surface area (Å²) in [7, 11) is 1.45. The number of nitriles is 1. The zero-order valence-electron chi connectivity index (χ0n) is 17.0. The molecule has 2 N–H and O–H groups in total. The van der Waals surface area contributed by atoms with Crippen LogP contribution in [0.5, 0.6) is 11.5 Å². The number of allylic oxidation sites excluding steroid dienone is 1. The average molecular weight is 421 g/mol. The Morgan fingerprint density at radius 1 is 1.23 bits per heavy atom. The van der Waals surface area contributed by atoms with Gasteiger partial charge in [-0.05, 0) is 48.9 Å². The first kappa shape index (κ1) is 21.6. The van der Waals surface area contributed by atoms with Gasteiger partial charge in [0.2, 0.25) is 5.78 Å². The number of rotatable bonds is 8. The van der Waals surface area contributed by atoms with Crippen molar-refractivity contribution in [3.63, 3.8) is 0 Å². The van der Waals surface area contributed by atoms with E-state index in [2.05, 4.69) is 10.3 Å². The van der Waals surface area contributed by atoms with Crippen LogP contribution >= 0.6 is 0 Å². The van der Waals surface area contributed by atoms with Crippen LogP contribution in [0.1, 0.15) is 22.8 Å². The highest BCUT2D eigenvalue weighted by Crippen LogP contribution is 2.29. The molecule has 8 heteroatoms. The van der Waals surface area contributed by atoms with Gasteiger partial charge in [0.1, 0.15) is 17.5 Å². The molecule has 2 aromatic carbocycles. The number of nitrogens with zero attached hydrogens (tertiary/aromatic N) is 1. The van der Waals surface area contributed by atoms with Gasteiger partial charge in [0.05, 0.1) is 7.11 Å². The highest BCUT2D eigenvalue weighted by atomic mass is 19.1. The molecule has 0 unspecified atom stereocenters. The van der Waals surface area contributed by atoms with Crippen LogP contribution < -0.4 is 14.8 Å². The number of ketones is 1. The maximum atomic E-state index is 13.4. The molecule has 0 radical (unpaired) electrons. The summed E-state index contributed by atoms with van der Waals surface area (Å²) in [5.41, 5.74) is 1.19. The maximum Gasteiger partial charge on any atom is 0.257 e. The molecule has 1 heterocycles. The Labute approximate surface area is 178 Å². The fourth-order valence-electron chi connectivity index (χ4n) is 3.03. The quantitative estimate of drug-likeness (QED) is 0.328. The fraction of sp³-hybridized carbons (Fsp3) is 0.174. The third-order valence-corrected chi connectivity index (χ3v) is 4.48. The van der Waals surface area contributed by atoms with Gasteiger partial charge in [-0.15, -0.1) is 0 Å². The van der Waals surface area contributed by atoms with Crippen molar-refractivity contribution in [2.45, 2.75) is 6.92 Å². The first-order valence-corrected chi connectivity index (χ1v) is 9.47. The number of hydrogen-bond donors (Lipinski definition) is 2. The topological polar surface area (TPSA) is 104 Å². The number of methoxy groups -OCH3 is 1. The molecule has 7 nitrogen and oxygen atoms in total. The normalized spacial score (nSPS) is 11.1. The van der Waals surface area contributed by atoms with Gasteiger partial charge in [-0.2, -0.15) is 5.26 Å². The zero-order valence-corrected chi connectivity index (χ0v) is 17.0. The first-order valence-electron chi connectivity index (χ1n) is 9.47. The van der Waals surface area contributed by atoms with E-state index in [1.165, 1.54) is 37.6 Å². The Bertz CT molecular complexity index is 1210. The van der Waals surface area contributed by atoms with Crippen molar-refractivity contribution in [3.8, 4) is 17.6 Å². The lowest BCUT2D eigenvalue weighted by Gasteiger charge is -2.11. The van der Waals surface area contributed by atoms with Crippen LogP contribution in [0, 0.1) is 17.1 Å². The fourth-order valence-corrected chi connectivity index (χ4v) is 3.03. The van der Waals surface area contributed by atoms with Gasteiger partial charge in [0, 0.05) is 29.2 Å². The van der Waals surface area contributed by atoms with Crippen LogP contribution in [0.3, 0.4) is 0 Å². The van der Waals surface area contributed by atoms with Crippen molar-refractivity contribution >= 4 is 28.7 Å². The molecular formula is C23H20FN3O4. The van der Waals surface area contributed by atoms with E-state index in [0.717, 1.165) is 0 Å². The summed E-state index contributed by atoms with van der Waals surface area (Å²) in [5, 5.41) is 12.7. The molecule has 158 valence electrons. The Kier molecular flexibility index (Phi) is 6.67. The van der Waals surface area contributed by atoms with Crippen molar-refractivity contribution in [2.24, 2.45) is 0 Å². The monoisotopic (exact) mass is 421 g/mol. The highest BCUT2D eigenvalue weighted by Gasteiger charge is 2.17. The van der Waals surface area contributed by atoms with Crippen LogP contribution in [-0.4, -0.2) is 36.9 Å². The number of benzene rings is 2. The van der Waals surface area contributed by atoms with Crippen LogP contribution in [0.2, 0.25) is 0 Å². The number of hydrogen-bond acceptors (Lipinski definition) is 5. The zero-order chi connectivity index (χ0) is 22.4. The molecule has 0 spiro atoms. The van der Waals surface area contributed by atoms with Crippen molar-refractivity contribution in [3.05, 3.63) is 65.1 Å². The Morgan fingerprint density at radius 3 is 2.74 bits per heavy atom. The molecule has 0 saturated carbocycles. The summed E-state index contributed by atoms with van der Waals surface area (Å²) in [6.45, 7) is 2.14. The summed E-state index contributed by atoms with van der Waals surface area (Å²) < 4.78 is 24.2. The first-order chi connectivity index (χ1) is 15.0. The predicted molar refractivity (Wildman–Crippen MR) is 113 cm³/mol. The molecule has 3 rings (SSSR count). The number of fused-ring (bicyclic) bond motifs is 1. The molecular weight excluding hydrogens is 401 g/mol. The number of amides is 1. The standard InChI is InChI=1S/C23H20FN3O4/c1-3-26-22(28)13-31-20-7-4-14(9-21(20)30-2)8-15(11-25)23(29)18-12-27-19-10-16(24)5-6-17(18)19/h4-10,12,27H,3,13H2,1-2H3,(H,26,28)/b15-8-. The van der Waals surface area contributed by atoms with Gasteiger partial charge in [0.15, 0.2) is 18.1 Å². The maximum absolute atomic E-state index is 13.4. The second-order valence-electron chi connectivity index (χ2n) is 6.54. The molecule has 0 aliphatic heterocycles. The lowest BCUT2D eigenvalue weighted by molar-refractivity contribution is -0.123. The average Bonchev–Trinajstić information content (AvgIpc) is 3.19. The van der Waals surface area contributed by atoms with Crippen molar-refractivity contribution < 1.29 is 23.5 Å². The number of carbonyl (C=O) groups excluding carboxylic acids is 2. The number of carbonyl (C=O) groups is 2. The second kappa shape index (κ2) is 9.59. The lowest BCUT2D eigenvalue weighted by Crippen LogP contribution is -2.28. The second-order valence-corrected chi connectivity index (χ2v) is 6.54. The molecule has 0 bridgehead atoms. The molecule has 0 atom stereocenters. The van der Waals surface area contributed by atoms with Gasteiger partial charge in [0.25, 0.3) is 5.91 Å². The largest absolute Gasteiger partial charge is 0.493 e. The third kappa shape index (κ3) is 4.90. The van der Waals surface area contributed by atoms with E-state index in [9.17, 15) is 19.2 Å². The van der Waals surface area contributed by atoms with E-state index in [1.54, 1.807) is 18.2 Å². The molecule has 0 aliphatic carbocycles. The van der Waals surface area contributed by atoms with E-state index >= 15 is 0 Å². The number of Topliss-reactive ketones (excluding diaryl/α,β-unsaturated/α-hetero) is 1. The number of ether oxygens (including phenoxy) is 2. The van der Waals surface area contributed by atoms with Gasteiger partial charge < -0.3 is 19.8 Å². The van der Waals surface area contributed by atoms with Gasteiger partial charge in [-0.25, -0.2) is 4.39 Å². The minimum atomic E-state index is -0.490. The molecule has 3 aromatic rings. The van der Waals surface area contributed by atoms with Crippen LogP contribution in [0.15, 0.2) is 48.2 Å². The summed E-state index contributed by atoms with van der Waals surface area (Å²) in [6.07, 6.45) is 2.89. The SMILES string of the molecule is CCNC(=O)COc1ccc(/C=C(/C#N)C(=O)c2c[nH]c3cc(F)ccc23)cc1OC. The van der Waals surface area contributed by atoms with Crippen LogP contribution in [0.4, 0.5) is 4.39 Å². The summed E-state index contributed by atoms with van der Waals surface area (Å²) in [4.78, 5) is 27.3. The Hall–Kier alpha value is -4.12. The van der Waals surface area contributed by atoms with Gasteiger partial charge >= 0.3 is 0 Å². The summed E-state index contributed by atoms with van der Waals surface area (Å²) >= 11 is 0. The lowest BCUT2D eigenvalue weighted by atomic mass is 10.0. The van der Waals surface area contributed by atoms with E-state index in [4.69, 9.17) is 9.47 Å². The van der Waals surface area contributed by atoms with E-state index in [0.29, 0.717) is 34.5 Å². The van der Waals surface area contributed by atoms with Gasteiger partial charge in [-0.1, -0.05) is 6.07 Å². The van der Waals surface area contributed by atoms with Crippen LogP contribution in [0.25, 0.3) is 17.0 Å². The van der Waals surface area contributed by atoms with Crippen molar-refractivity contribution in [2.75, 3.05) is 20.3 Å². The molecule has 0 saturated heterocycles. The molecule has 1 amide bonds. The van der Waals surface area contributed by atoms with E-state index in [-0.39, 0.29) is 23.7 Å². The highest BCUT2D eigenvalue weighted by molar-refractivity contribution is 6.19. The summed E-state index contributed by atoms with van der Waals surface area (Å²) in [5.74, 6) is -0.467. The van der Waals surface area contributed by atoms with E-state index in [1.807, 2.05) is 13.0 Å². The van der Waals surface area contributed by atoms with E-state index < -0.39 is 11.6 Å². The smallest absolute Gasteiger partial charge is 0.257 e. The minimum Gasteiger partial charge on any atom is -0.493 e. The van der Waals surface area contributed by atoms with Crippen LogP contribution in [-0.2, 0) is 4.79 Å². The number of H-pyrrole nitrogens is 1. The predicted octanol–water partition coefficient (Wildman–Crippen LogP) is 3.62. The Morgan fingerprint density at radius 2 is 2.03 bits per heavy atom. The minimum absolute atomic E-state index is 0.0942. The molecule has 1 aromatic heterocycles. The van der Waals surface area contributed by atoms with Gasteiger partial charge in [-0.3, -0.25) is 9.59 Å².